The number of rotatable bonds is 3. The summed E-state index contributed by atoms with van der Waals surface area (Å²) < 4.78 is 0. The highest BCUT2D eigenvalue weighted by molar-refractivity contribution is 7.16. The SMILES string of the molecule is CN(C)C(C)(C)C#CC(=O)N1CC(C(=O)Nc2cc3c(s2)CCCC3)C1. The van der Waals surface area contributed by atoms with Gasteiger partial charge in [0.05, 0.1) is 16.5 Å². The maximum Gasteiger partial charge on any atom is 0.298 e. The minimum atomic E-state index is -0.352. The van der Waals surface area contributed by atoms with Crippen molar-refractivity contribution < 1.29 is 9.59 Å². The molecule has 0 aromatic carbocycles. The molecule has 0 radical (unpaired) electrons. The van der Waals surface area contributed by atoms with Crippen LogP contribution in [-0.4, -0.2) is 54.3 Å². The summed E-state index contributed by atoms with van der Waals surface area (Å²) in [4.78, 5) is 29.6. The van der Waals surface area contributed by atoms with Crippen LogP contribution in [-0.2, 0) is 22.4 Å². The molecule has 1 saturated heterocycles. The zero-order valence-corrected chi connectivity index (χ0v) is 16.8. The van der Waals surface area contributed by atoms with Gasteiger partial charge in [0.15, 0.2) is 0 Å². The molecule has 2 heterocycles. The quantitative estimate of drug-likeness (QED) is 0.828. The van der Waals surface area contributed by atoms with Crippen LogP contribution >= 0.6 is 11.3 Å². The third-order valence-corrected chi connectivity index (χ3v) is 6.53. The van der Waals surface area contributed by atoms with E-state index in [0.29, 0.717) is 13.1 Å². The van der Waals surface area contributed by atoms with Crippen molar-refractivity contribution in [1.29, 1.82) is 0 Å². The maximum absolute atomic E-state index is 12.4. The molecule has 5 nitrogen and oxygen atoms in total. The van der Waals surface area contributed by atoms with Crippen molar-refractivity contribution in [3.05, 3.63) is 16.5 Å². The molecule has 6 heteroatoms. The molecule has 1 aromatic heterocycles. The summed E-state index contributed by atoms with van der Waals surface area (Å²) >= 11 is 1.70. The van der Waals surface area contributed by atoms with Gasteiger partial charge >= 0.3 is 0 Å². The molecule has 1 N–H and O–H groups in total. The van der Waals surface area contributed by atoms with Gasteiger partial charge in [-0.05, 0) is 71.2 Å². The van der Waals surface area contributed by atoms with Crippen molar-refractivity contribution in [3.8, 4) is 11.8 Å². The van der Waals surface area contributed by atoms with E-state index >= 15 is 0 Å². The monoisotopic (exact) mass is 373 g/mol. The van der Waals surface area contributed by atoms with Crippen LogP contribution in [0.25, 0.3) is 0 Å². The highest BCUT2D eigenvalue weighted by Crippen LogP contribution is 2.33. The van der Waals surface area contributed by atoms with Crippen molar-refractivity contribution >= 4 is 28.2 Å². The highest BCUT2D eigenvalue weighted by atomic mass is 32.1. The number of nitrogens with one attached hydrogen (secondary N) is 1. The summed E-state index contributed by atoms with van der Waals surface area (Å²) in [6.07, 6.45) is 4.73. The number of aryl methyl sites for hydroxylation is 2. The average molecular weight is 374 g/mol. The van der Waals surface area contributed by atoms with E-state index in [2.05, 4.69) is 23.2 Å². The van der Waals surface area contributed by atoms with Gasteiger partial charge in [0, 0.05) is 18.0 Å². The van der Waals surface area contributed by atoms with Crippen LogP contribution in [0.3, 0.4) is 0 Å². The summed E-state index contributed by atoms with van der Waals surface area (Å²) in [6, 6.07) is 2.12. The normalized spacial score (nSPS) is 17.2. The van der Waals surface area contributed by atoms with Crippen LogP contribution in [0, 0.1) is 17.8 Å². The number of anilines is 1. The first-order chi connectivity index (χ1) is 12.3. The molecule has 140 valence electrons. The molecular weight excluding hydrogens is 346 g/mol. The Morgan fingerprint density at radius 3 is 2.62 bits per heavy atom. The number of carbonyl (C=O) groups excluding carboxylic acids is 2. The molecule has 0 unspecified atom stereocenters. The molecule has 1 fully saturated rings. The lowest BCUT2D eigenvalue weighted by Gasteiger charge is -2.36. The van der Waals surface area contributed by atoms with Gasteiger partial charge in [-0.15, -0.1) is 11.3 Å². The average Bonchev–Trinajstić information content (AvgIpc) is 2.93. The second-order valence-electron chi connectivity index (χ2n) is 7.87. The van der Waals surface area contributed by atoms with Crippen molar-refractivity contribution in [2.45, 2.75) is 45.1 Å². The van der Waals surface area contributed by atoms with E-state index in [-0.39, 0.29) is 23.3 Å². The molecule has 0 spiro atoms. The maximum atomic E-state index is 12.4. The van der Waals surface area contributed by atoms with Crippen molar-refractivity contribution in [2.75, 3.05) is 32.5 Å². The van der Waals surface area contributed by atoms with Gasteiger partial charge in [-0.25, -0.2) is 0 Å². The molecule has 26 heavy (non-hydrogen) atoms. The van der Waals surface area contributed by atoms with Crippen LogP contribution in [0.4, 0.5) is 5.00 Å². The molecular formula is C20H27N3O2S. The van der Waals surface area contributed by atoms with Gasteiger partial charge in [0.1, 0.15) is 0 Å². The third-order valence-electron chi connectivity index (χ3n) is 5.38. The fraction of sp³-hybridized carbons (Fsp3) is 0.600. The predicted octanol–water partition coefficient (Wildman–Crippen LogP) is 2.37. The van der Waals surface area contributed by atoms with E-state index in [9.17, 15) is 9.59 Å². The Morgan fingerprint density at radius 1 is 1.27 bits per heavy atom. The van der Waals surface area contributed by atoms with Gasteiger partial charge in [-0.3, -0.25) is 14.5 Å². The molecule has 2 amide bonds. The van der Waals surface area contributed by atoms with Crippen molar-refractivity contribution in [1.82, 2.24) is 9.80 Å². The van der Waals surface area contributed by atoms with Crippen LogP contribution < -0.4 is 5.32 Å². The first-order valence-corrected chi connectivity index (χ1v) is 10.00. The summed E-state index contributed by atoms with van der Waals surface area (Å²) in [5, 5.41) is 3.97. The number of hydrogen-bond donors (Lipinski definition) is 1. The van der Waals surface area contributed by atoms with Gasteiger partial charge in [-0.2, -0.15) is 0 Å². The number of carbonyl (C=O) groups is 2. The fourth-order valence-corrected chi connectivity index (χ4v) is 4.14. The number of likely N-dealkylation sites (tertiary alicyclic amines) is 1. The van der Waals surface area contributed by atoms with E-state index in [1.54, 1.807) is 16.2 Å². The molecule has 1 aromatic rings. The topological polar surface area (TPSA) is 52.7 Å². The minimum Gasteiger partial charge on any atom is -0.330 e. The predicted molar refractivity (Wildman–Crippen MR) is 105 cm³/mol. The highest BCUT2D eigenvalue weighted by Gasteiger charge is 2.35. The Kier molecular flexibility index (Phi) is 5.40. The summed E-state index contributed by atoms with van der Waals surface area (Å²) in [5.74, 6) is 5.39. The molecule has 0 atom stereocenters. The lowest BCUT2D eigenvalue weighted by molar-refractivity contribution is -0.136. The summed E-state index contributed by atoms with van der Waals surface area (Å²) in [5.41, 5.74) is 1.04. The number of fused-ring (bicyclic) bond motifs is 1. The van der Waals surface area contributed by atoms with Crippen molar-refractivity contribution in [3.63, 3.8) is 0 Å². The number of amides is 2. The third kappa shape index (κ3) is 4.11. The van der Waals surface area contributed by atoms with E-state index < -0.39 is 0 Å². The molecule has 0 bridgehead atoms. The molecule has 0 saturated carbocycles. The summed E-state index contributed by atoms with van der Waals surface area (Å²) in [6.45, 7) is 4.85. The van der Waals surface area contributed by atoms with Gasteiger partial charge < -0.3 is 10.2 Å². The standard InChI is InChI=1S/C20H27N3O2S/c1-20(2,22(3)4)10-9-18(24)23-12-15(13-23)19(25)21-17-11-14-7-5-6-8-16(14)26-17/h11,15H,5-8,12-13H2,1-4H3,(H,21,25). The minimum absolute atomic E-state index is 0.00854. The molecule has 1 aliphatic heterocycles. The number of thiophene rings is 1. The van der Waals surface area contributed by atoms with E-state index in [0.717, 1.165) is 17.8 Å². The van der Waals surface area contributed by atoms with Crippen LogP contribution in [0.15, 0.2) is 6.07 Å². The van der Waals surface area contributed by atoms with E-state index in [4.69, 9.17) is 0 Å². The second kappa shape index (κ2) is 7.42. The van der Waals surface area contributed by atoms with Gasteiger partial charge in [0.25, 0.3) is 5.91 Å². The van der Waals surface area contributed by atoms with Crippen molar-refractivity contribution in [2.24, 2.45) is 5.92 Å². The Labute approximate surface area is 159 Å². The second-order valence-corrected chi connectivity index (χ2v) is 9.00. The van der Waals surface area contributed by atoms with Crippen LogP contribution in [0.1, 0.15) is 37.1 Å². The molecule has 1 aliphatic carbocycles. The lowest BCUT2D eigenvalue weighted by Crippen LogP contribution is -2.54. The first kappa shape index (κ1) is 18.9. The van der Waals surface area contributed by atoms with Gasteiger partial charge in [0.2, 0.25) is 5.91 Å². The molecule has 3 rings (SSSR count). The molecule has 2 aliphatic rings. The van der Waals surface area contributed by atoms with Crippen LogP contribution in [0.5, 0.6) is 0 Å². The lowest BCUT2D eigenvalue weighted by atomic mass is 9.98. The Morgan fingerprint density at radius 2 is 1.96 bits per heavy atom. The smallest absolute Gasteiger partial charge is 0.298 e. The zero-order chi connectivity index (χ0) is 18.9. The van der Waals surface area contributed by atoms with E-state index in [1.807, 2.05) is 32.8 Å². The first-order valence-electron chi connectivity index (χ1n) is 9.18. The Bertz CT molecular complexity index is 740. The summed E-state index contributed by atoms with van der Waals surface area (Å²) in [7, 11) is 3.87. The van der Waals surface area contributed by atoms with Crippen LogP contribution in [0.2, 0.25) is 0 Å². The van der Waals surface area contributed by atoms with E-state index in [1.165, 1.54) is 23.3 Å². The number of hydrogen-bond acceptors (Lipinski definition) is 4. The Balaban J connectivity index is 1.50. The van der Waals surface area contributed by atoms with Gasteiger partial charge in [-0.1, -0.05) is 5.92 Å². The number of nitrogens with zero attached hydrogens (tertiary/aromatic N) is 2. The zero-order valence-electron chi connectivity index (χ0n) is 16.0. The fourth-order valence-electron chi connectivity index (χ4n) is 2.98. The largest absolute Gasteiger partial charge is 0.330 e. The Hall–Kier alpha value is -1.84.